The van der Waals surface area contributed by atoms with Crippen molar-refractivity contribution in [2.45, 2.75) is 6.36 Å². The molecule has 3 aromatic rings. The molecule has 0 atom stereocenters. The number of carboxylic acids is 1. The first-order valence-electron chi connectivity index (χ1n) is 7.06. The molecule has 0 fully saturated rings. The highest BCUT2D eigenvalue weighted by Gasteiger charge is 2.31. The van der Waals surface area contributed by atoms with Crippen LogP contribution in [-0.2, 0) is 0 Å². The number of hydrogen-bond acceptors (Lipinski definition) is 4. The van der Waals surface area contributed by atoms with Crippen molar-refractivity contribution in [3.8, 4) is 22.7 Å². The zero-order valence-electron chi connectivity index (χ0n) is 12.7. The van der Waals surface area contributed by atoms with E-state index in [9.17, 15) is 27.5 Å². The summed E-state index contributed by atoms with van der Waals surface area (Å²) >= 11 is 0. The predicted octanol–water partition coefficient (Wildman–Crippen LogP) is 3.67. The number of rotatable bonds is 4. The smallest absolute Gasteiger partial charge is 0.476 e. The van der Waals surface area contributed by atoms with Gasteiger partial charge in [-0.2, -0.15) is 0 Å². The zero-order valence-corrected chi connectivity index (χ0v) is 12.7. The van der Waals surface area contributed by atoms with Crippen LogP contribution >= 0.6 is 0 Å². The molecule has 0 amide bonds. The molecular formula is C16H9F4N3O3. The molecule has 0 saturated carbocycles. The molecule has 1 heterocycles. The van der Waals surface area contributed by atoms with E-state index in [4.69, 9.17) is 0 Å². The number of benzene rings is 2. The minimum absolute atomic E-state index is 0.0574. The maximum atomic E-state index is 13.1. The summed E-state index contributed by atoms with van der Waals surface area (Å²) in [5, 5.41) is 16.6. The molecule has 1 aromatic heterocycles. The number of aromatic carboxylic acids is 1. The Morgan fingerprint density at radius 1 is 1.04 bits per heavy atom. The minimum atomic E-state index is -4.83. The molecule has 0 spiro atoms. The van der Waals surface area contributed by atoms with E-state index in [0.29, 0.717) is 5.56 Å². The summed E-state index contributed by atoms with van der Waals surface area (Å²) in [4.78, 5) is 11.4. The summed E-state index contributed by atoms with van der Waals surface area (Å²) in [6.07, 6.45) is -4.83. The van der Waals surface area contributed by atoms with Gasteiger partial charge in [-0.15, -0.1) is 18.3 Å². The highest BCUT2D eigenvalue weighted by Crippen LogP contribution is 2.28. The maximum Gasteiger partial charge on any atom is 0.573 e. The van der Waals surface area contributed by atoms with Crippen LogP contribution in [0.2, 0.25) is 0 Å². The molecule has 0 saturated heterocycles. The molecule has 0 radical (unpaired) electrons. The van der Waals surface area contributed by atoms with Crippen LogP contribution in [0.5, 0.6) is 5.75 Å². The first-order chi connectivity index (χ1) is 12.2. The Morgan fingerprint density at radius 3 is 2.19 bits per heavy atom. The minimum Gasteiger partial charge on any atom is -0.476 e. The lowest BCUT2D eigenvalue weighted by atomic mass is 10.1. The molecule has 3 rings (SSSR count). The SMILES string of the molecule is O=C(O)c1nnn(-c2ccc(OC(F)(F)F)cc2)c1-c1ccc(F)cc1. The van der Waals surface area contributed by atoms with Crippen molar-refractivity contribution in [3.63, 3.8) is 0 Å². The van der Waals surface area contributed by atoms with Crippen molar-refractivity contribution in [2.75, 3.05) is 0 Å². The summed E-state index contributed by atoms with van der Waals surface area (Å²) in [6, 6.07) is 9.59. The Morgan fingerprint density at radius 2 is 1.65 bits per heavy atom. The predicted molar refractivity (Wildman–Crippen MR) is 80.4 cm³/mol. The standard InChI is InChI=1S/C16H9F4N3O3/c17-10-3-1-9(2-4-10)14-13(15(24)25)21-22-23(14)11-5-7-12(8-6-11)26-16(18,19)20/h1-8H,(H,24,25). The normalized spacial score (nSPS) is 11.4. The van der Waals surface area contributed by atoms with Crippen LogP contribution in [0.3, 0.4) is 0 Å². The van der Waals surface area contributed by atoms with Crippen LogP contribution in [0.25, 0.3) is 16.9 Å². The van der Waals surface area contributed by atoms with E-state index in [1.54, 1.807) is 0 Å². The number of hydrogen-bond donors (Lipinski definition) is 1. The Labute approximate surface area is 143 Å². The second kappa shape index (κ2) is 6.47. The Bertz CT molecular complexity index is 935. The van der Waals surface area contributed by atoms with Gasteiger partial charge in [-0.3, -0.25) is 0 Å². The molecule has 2 aromatic carbocycles. The number of carbonyl (C=O) groups is 1. The van der Waals surface area contributed by atoms with Gasteiger partial charge in [-0.1, -0.05) is 5.21 Å². The molecule has 0 bridgehead atoms. The fourth-order valence-corrected chi connectivity index (χ4v) is 2.26. The second-order valence-electron chi connectivity index (χ2n) is 5.05. The number of ether oxygens (including phenoxy) is 1. The van der Waals surface area contributed by atoms with Crippen LogP contribution in [-0.4, -0.2) is 32.4 Å². The number of aromatic nitrogens is 3. The number of nitrogens with zero attached hydrogens (tertiary/aromatic N) is 3. The second-order valence-corrected chi connectivity index (χ2v) is 5.05. The van der Waals surface area contributed by atoms with Crippen molar-refractivity contribution in [3.05, 3.63) is 60.0 Å². The average Bonchev–Trinajstić information content (AvgIpc) is 3.00. The van der Waals surface area contributed by atoms with Crippen molar-refractivity contribution < 1.29 is 32.2 Å². The summed E-state index contributed by atoms with van der Waals surface area (Å²) in [5.74, 6) is -2.31. The molecule has 26 heavy (non-hydrogen) atoms. The zero-order chi connectivity index (χ0) is 18.9. The van der Waals surface area contributed by atoms with E-state index in [1.165, 1.54) is 24.3 Å². The van der Waals surface area contributed by atoms with Gasteiger partial charge in [0.15, 0.2) is 5.69 Å². The summed E-state index contributed by atoms with van der Waals surface area (Å²) < 4.78 is 54.7. The van der Waals surface area contributed by atoms with E-state index < -0.39 is 23.9 Å². The molecule has 10 heteroatoms. The van der Waals surface area contributed by atoms with Gasteiger partial charge in [0, 0.05) is 5.56 Å². The van der Waals surface area contributed by atoms with Crippen molar-refractivity contribution in [2.24, 2.45) is 0 Å². The molecule has 6 nitrogen and oxygen atoms in total. The van der Waals surface area contributed by atoms with Crippen molar-refractivity contribution >= 4 is 5.97 Å². The third-order valence-corrected chi connectivity index (χ3v) is 3.31. The highest BCUT2D eigenvalue weighted by molar-refractivity contribution is 5.93. The molecule has 0 aliphatic carbocycles. The fraction of sp³-hybridized carbons (Fsp3) is 0.0625. The van der Waals surface area contributed by atoms with E-state index in [-0.39, 0.29) is 17.1 Å². The third kappa shape index (κ3) is 3.63. The fourth-order valence-electron chi connectivity index (χ4n) is 2.26. The van der Waals surface area contributed by atoms with Crippen LogP contribution in [0.15, 0.2) is 48.5 Å². The lowest BCUT2D eigenvalue weighted by molar-refractivity contribution is -0.274. The summed E-state index contributed by atoms with van der Waals surface area (Å²) in [7, 11) is 0. The highest BCUT2D eigenvalue weighted by atomic mass is 19.4. The van der Waals surface area contributed by atoms with Gasteiger partial charge >= 0.3 is 12.3 Å². The van der Waals surface area contributed by atoms with Gasteiger partial charge in [-0.05, 0) is 48.5 Å². The quantitative estimate of drug-likeness (QED) is 0.712. The number of halogens is 4. The van der Waals surface area contributed by atoms with Gasteiger partial charge in [0.05, 0.1) is 5.69 Å². The molecule has 0 unspecified atom stereocenters. The van der Waals surface area contributed by atoms with Crippen LogP contribution in [0, 0.1) is 5.82 Å². The lowest BCUT2D eigenvalue weighted by Gasteiger charge is -2.10. The first-order valence-corrected chi connectivity index (χ1v) is 7.06. The van der Waals surface area contributed by atoms with Gasteiger partial charge in [-0.25, -0.2) is 13.9 Å². The average molecular weight is 367 g/mol. The van der Waals surface area contributed by atoms with E-state index >= 15 is 0 Å². The van der Waals surface area contributed by atoms with Gasteiger partial charge < -0.3 is 9.84 Å². The van der Waals surface area contributed by atoms with E-state index in [0.717, 1.165) is 28.9 Å². The Balaban J connectivity index is 2.05. The van der Waals surface area contributed by atoms with Crippen molar-refractivity contribution in [1.29, 1.82) is 0 Å². The Kier molecular flexibility index (Phi) is 4.33. The topological polar surface area (TPSA) is 77.2 Å². The maximum absolute atomic E-state index is 13.1. The van der Waals surface area contributed by atoms with E-state index in [1.807, 2.05) is 0 Å². The van der Waals surface area contributed by atoms with Gasteiger partial charge in [0.25, 0.3) is 0 Å². The first kappa shape index (κ1) is 17.4. The monoisotopic (exact) mass is 367 g/mol. The third-order valence-electron chi connectivity index (χ3n) is 3.31. The number of carboxylic acid groups (broad SMARTS) is 1. The van der Waals surface area contributed by atoms with Gasteiger partial charge in [0.2, 0.25) is 0 Å². The Hall–Kier alpha value is -3.43. The van der Waals surface area contributed by atoms with Crippen molar-refractivity contribution in [1.82, 2.24) is 15.0 Å². The molecular weight excluding hydrogens is 358 g/mol. The lowest BCUT2D eigenvalue weighted by Crippen LogP contribution is -2.17. The van der Waals surface area contributed by atoms with Crippen LogP contribution in [0.4, 0.5) is 17.6 Å². The summed E-state index contributed by atoms with van der Waals surface area (Å²) in [6.45, 7) is 0. The van der Waals surface area contributed by atoms with Gasteiger partial charge in [0.1, 0.15) is 17.3 Å². The molecule has 0 aliphatic heterocycles. The largest absolute Gasteiger partial charge is 0.573 e. The van der Waals surface area contributed by atoms with Crippen LogP contribution < -0.4 is 4.74 Å². The summed E-state index contributed by atoms with van der Waals surface area (Å²) in [5.41, 5.74) is 0.248. The molecule has 1 N–H and O–H groups in total. The molecule has 0 aliphatic rings. The molecule has 134 valence electrons. The van der Waals surface area contributed by atoms with Crippen LogP contribution in [0.1, 0.15) is 10.5 Å². The van der Waals surface area contributed by atoms with E-state index in [2.05, 4.69) is 15.0 Å². The number of alkyl halides is 3.